The second kappa shape index (κ2) is 6.83. The second-order valence-electron chi connectivity index (χ2n) is 7.77. The SMILES string of the molecule is CC1Cc2[nH]nc(-c3cscn3)c2CN1C(=O)Nc1ccc(F)c(C2CC2(F)F)c1. The van der Waals surface area contributed by atoms with Gasteiger partial charge in [0.15, 0.2) is 0 Å². The lowest BCUT2D eigenvalue weighted by Gasteiger charge is -2.33. The van der Waals surface area contributed by atoms with Gasteiger partial charge in [-0.25, -0.2) is 22.9 Å². The number of nitrogens with one attached hydrogen (secondary N) is 2. The molecule has 30 heavy (non-hydrogen) atoms. The van der Waals surface area contributed by atoms with Crippen molar-refractivity contribution in [2.45, 2.75) is 44.2 Å². The number of aromatic amines is 1. The number of H-pyrrole nitrogens is 1. The summed E-state index contributed by atoms with van der Waals surface area (Å²) in [7, 11) is 0. The van der Waals surface area contributed by atoms with Crippen LogP contribution in [-0.4, -0.2) is 38.1 Å². The number of aromatic nitrogens is 3. The van der Waals surface area contributed by atoms with E-state index in [-0.39, 0.29) is 24.1 Å². The maximum absolute atomic E-state index is 14.0. The maximum Gasteiger partial charge on any atom is 0.322 e. The van der Waals surface area contributed by atoms with E-state index in [1.54, 1.807) is 10.4 Å². The van der Waals surface area contributed by atoms with Gasteiger partial charge in [-0.3, -0.25) is 5.10 Å². The van der Waals surface area contributed by atoms with E-state index < -0.39 is 17.7 Å². The molecule has 10 heteroatoms. The van der Waals surface area contributed by atoms with Gasteiger partial charge in [0.2, 0.25) is 0 Å². The van der Waals surface area contributed by atoms with Crippen molar-refractivity contribution in [3.8, 4) is 11.4 Å². The summed E-state index contributed by atoms with van der Waals surface area (Å²) in [5.74, 6) is -4.69. The fraction of sp³-hybridized carbons (Fsp3) is 0.350. The van der Waals surface area contributed by atoms with Gasteiger partial charge in [-0.2, -0.15) is 5.10 Å². The number of thiazole rings is 1. The molecule has 2 N–H and O–H groups in total. The molecule has 156 valence electrons. The molecule has 0 radical (unpaired) electrons. The molecule has 6 nitrogen and oxygen atoms in total. The quantitative estimate of drug-likeness (QED) is 0.625. The van der Waals surface area contributed by atoms with E-state index in [2.05, 4.69) is 20.5 Å². The van der Waals surface area contributed by atoms with Crippen molar-refractivity contribution in [2.75, 3.05) is 5.32 Å². The summed E-state index contributed by atoms with van der Waals surface area (Å²) in [6, 6.07) is 3.33. The molecule has 1 aliphatic heterocycles. The van der Waals surface area contributed by atoms with Crippen LogP contribution in [0.25, 0.3) is 11.4 Å². The number of hydrogen-bond acceptors (Lipinski definition) is 4. The van der Waals surface area contributed by atoms with Crippen molar-refractivity contribution >= 4 is 23.1 Å². The molecule has 2 aromatic heterocycles. The van der Waals surface area contributed by atoms with Crippen LogP contribution in [0.1, 0.15) is 36.1 Å². The number of amides is 2. The van der Waals surface area contributed by atoms with E-state index in [1.807, 2.05) is 12.3 Å². The molecule has 1 fully saturated rings. The number of fused-ring (bicyclic) bond motifs is 1. The van der Waals surface area contributed by atoms with Crippen LogP contribution in [0, 0.1) is 5.82 Å². The van der Waals surface area contributed by atoms with Crippen molar-refractivity contribution in [3.05, 3.63) is 51.7 Å². The molecule has 2 aliphatic rings. The summed E-state index contributed by atoms with van der Waals surface area (Å²) in [6.45, 7) is 2.26. The molecular weight excluding hydrogens is 415 g/mol. The van der Waals surface area contributed by atoms with Crippen LogP contribution in [0.4, 0.5) is 23.7 Å². The summed E-state index contributed by atoms with van der Waals surface area (Å²) in [4.78, 5) is 18.9. The van der Waals surface area contributed by atoms with E-state index >= 15 is 0 Å². The Kier molecular flexibility index (Phi) is 4.35. The number of hydrogen-bond donors (Lipinski definition) is 2. The van der Waals surface area contributed by atoms with Gasteiger partial charge in [0, 0.05) is 41.2 Å². The van der Waals surface area contributed by atoms with E-state index in [0.717, 1.165) is 28.7 Å². The number of carbonyl (C=O) groups is 1. The van der Waals surface area contributed by atoms with Crippen molar-refractivity contribution in [1.29, 1.82) is 0 Å². The molecule has 2 atom stereocenters. The number of rotatable bonds is 3. The first-order valence-corrected chi connectivity index (χ1v) is 10.5. The van der Waals surface area contributed by atoms with E-state index in [1.165, 1.54) is 23.5 Å². The number of benzene rings is 1. The molecular formula is C20H18F3N5OS. The molecule has 2 unspecified atom stereocenters. The summed E-state index contributed by atoms with van der Waals surface area (Å²) >= 11 is 1.47. The second-order valence-corrected chi connectivity index (χ2v) is 8.49. The Bertz CT molecular complexity index is 1110. The fourth-order valence-corrected chi connectivity index (χ4v) is 4.46. The maximum atomic E-state index is 14.0. The monoisotopic (exact) mass is 433 g/mol. The topological polar surface area (TPSA) is 73.9 Å². The average molecular weight is 433 g/mol. The number of alkyl halides is 2. The van der Waals surface area contributed by atoms with Crippen molar-refractivity contribution in [1.82, 2.24) is 20.1 Å². The predicted octanol–water partition coefficient (Wildman–Crippen LogP) is 4.77. The summed E-state index contributed by atoms with van der Waals surface area (Å²) in [6.07, 6.45) is 0.232. The van der Waals surface area contributed by atoms with Crippen molar-refractivity contribution in [3.63, 3.8) is 0 Å². The van der Waals surface area contributed by atoms with E-state index in [4.69, 9.17) is 0 Å². The number of anilines is 1. The molecule has 0 spiro atoms. The van der Waals surface area contributed by atoms with Crippen LogP contribution in [-0.2, 0) is 13.0 Å². The minimum Gasteiger partial charge on any atom is -0.317 e. The first-order valence-electron chi connectivity index (χ1n) is 9.53. The summed E-state index contributed by atoms with van der Waals surface area (Å²) < 4.78 is 40.8. The number of halogens is 3. The summed E-state index contributed by atoms with van der Waals surface area (Å²) in [5.41, 5.74) is 5.30. The first-order chi connectivity index (χ1) is 14.3. The largest absolute Gasteiger partial charge is 0.322 e. The normalized spacial score (nSPS) is 21.9. The molecule has 0 saturated heterocycles. The van der Waals surface area contributed by atoms with Crippen LogP contribution in [0.3, 0.4) is 0 Å². The first kappa shape index (κ1) is 19.1. The summed E-state index contributed by atoms with van der Waals surface area (Å²) in [5, 5.41) is 12.0. The molecule has 5 rings (SSSR count). The highest BCUT2D eigenvalue weighted by Crippen LogP contribution is 2.56. The Morgan fingerprint density at radius 2 is 2.20 bits per heavy atom. The Balaban J connectivity index is 1.36. The van der Waals surface area contributed by atoms with Gasteiger partial charge in [-0.05, 0) is 30.7 Å². The van der Waals surface area contributed by atoms with Gasteiger partial charge in [-0.1, -0.05) is 0 Å². The van der Waals surface area contributed by atoms with Crippen LogP contribution < -0.4 is 5.32 Å². The van der Waals surface area contributed by atoms with Gasteiger partial charge in [0.1, 0.15) is 17.2 Å². The Labute approximate surface area is 174 Å². The van der Waals surface area contributed by atoms with Gasteiger partial charge in [0.25, 0.3) is 5.92 Å². The third-order valence-corrected chi connectivity index (χ3v) is 6.28. The Morgan fingerprint density at radius 1 is 1.40 bits per heavy atom. The Hall–Kier alpha value is -2.88. The van der Waals surface area contributed by atoms with Crippen LogP contribution >= 0.6 is 11.3 Å². The lowest BCUT2D eigenvalue weighted by atomic mass is 9.99. The van der Waals surface area contributed by atoms with Gasteiger partial charge in [0.05, 0.1) is 18.0 Å². The van der Waals surface area contributed by atoms with Crippen molar-refractivity contribution < 1.29 is 18.0 Å². The van der Waals surface area contributed by atoms with Crippen molar-refractivity contribution in [2.24, 2.45) is 0 Å². The Morgan fingerprint density at radius 3 is 2.90 bits per heavy atom. The standard InChI is InChI=1S/C20H18F3N5OS/c1-10-4-16-13(18(27-26-16)17-8-30-9-24-17)7-28(10)19(29)25-11-2-3-15(21)12(5-11)14-6-20(14,22)23/h2-3,5,8-10,14H,4,6-7H2,1H3,(H,25,29)(H,26,27). The van der Waals surface area contributed by atoms with Gasteiger partial charge in [-0.15, -0.1) is 11.3 Å². The molecule has 1 aliphatic carbocycles. The predicted molar refractivity (Wildman–Crippen MR) is 106 cm³/mol. The van der Waals surface area contributed by atoms with E-state index in [9.17, 15) is 18.0 Å². The fourth-order valence-electron chi connectivity index (χ4n) is 3.92. The minimum atomic E-state index is -2.88. The third kappa shape index (κ3) is 3.24. The van der Waals surface area contributed by atoms with Crippen LogP contribution in [0.2, 0.25) is 0 Å². The molecule has 0 bridgehead atoms. The molecule has 1 aromatic carbocycles. The molecule has 3 heterocycles. The zero-order valence-electron chi connectivity index (χ0n) is 16.0. The number of urea groups is 1. The highest BCUT2D eigenvalue weighted by Gasteiger charge is 2.58. The highest BCUT2D eigenvalue weighted by atomic mass is 32.1. The van der Waals surface area contributed by atoms with E-state index in [0.29, 0.717) is 18.7 Å². The lowest BCUT2D eigenvalue weighted by molar-refractivity contribution is 0.111. The van der Waals surface area contributed by atoms with Crippen LogP contribution in [0.15, 0.2) is 29.1 Å². The smallest absolute Gasteiger partial charge is 0.317 e. The molecule has 2 amide bonds. The average Bonchev–Trinajstić information content (AvgIpc) is 3.10. The van der Waals surface area contributed by atoms with Gasteiger partial charge >= 0.3 is 6.03 Å². The third-order valence-electron chi connectivity index (χ3n) is 5.70. The molecule has 3 aromatic rings. The number of nitrogens with zero attached hydrogens (tertiary/aromatic N) is 3. The lowest BCUT2D eigenvalue weighted by Crippen LogP contribution is -2.44. The minimum absolute atomic E-state index is 0.0626. The highest BCUT2D eigenvalue weighted by molar-refractivity contribution is 7.07. The number of carbonyl (C=O) groups excluding carboxylic acids is 1. The van der Waals surface area contributed by atoms with Gasteiger partial charge < -0.3 is 10.2 Å². The zero-order chi connectivity index (χ0) is 21.0. The van der Waals surface area contributed by atoms with Crippen LogP contribution in [0.5, 0.6) is 0 Å². The molecule has 1 saturated carbocycles. The zero-order valence-corrected chi connectivity index (χ0v) is 16.8.